The first-order valence-electron chi connectivity index (χ1n) is 11.1. The summed E-state index contributed by atoms with van der Waals surface area (Å²) in [5.74, 6) is 0.930. The van der Waals surface area contributed by atoms with Crippen LogP contribution in [0.5, 0.6) is 5.88 Å². The number of aryl methyl sites for hydroxylation is 2. The van der Waals surface area contributed by atoms with E-state index in [2.05, 4.69) is 36.4 Å². The number of rotatable bonds is 6. The molecule has 1 saturated heterocycles. The maximum atomic E-state index is 5.61. The zero-order valence-electron chi connectivity index (χ0n) is 19.5. The Morgan fingerprint density at radius 3 is 2.52 bits per heavy atom. The first-order chi connectivity index (χ1) is 14.9. The lowest BCUT2D eigenvalue weighted by molar-refractivity contribution is 0.0204. The normalized spacial score (nSPS) is 16.2. The molecule has 0 aliphatic carbocycles. The van der Waals surface area contributed by atoms with Gasteiger partial charge < -0.3 is 14.0 Å². The summed E-state index contributed by atoms with van der Waals surface area (Å²) in [6, 6.07) is 4.53. The van der Waals surface area contributed by atoms with E-state index in [4.69, 9.17) is 24.4 Å². The second-order valence-corrected chi connectivity index (χ2v) is 8.74. The van der Waals surface area contributed by atoms with E-state index in [0.717, 1.165) is 66.5 Å². The number of fused-ring (bicyclic) bond motifs is 1. The van der Waals surface area contributed by atoms with Gasteiger partial charge in [-0.3, -0.25) is 4.90 Å². The third-order valence-electron chi connectivity index (χ3n) is 6.15. The Kier molecular flexibility index (Phi) is 6.25. The van der Waals surface area contributed by atoms with Crippen molar-refractivity contribution in [2.75, 3.05) is 33.4 Å². The summed E-state index contributed by atoms with van der Waals surface area (Å²) in [7, 11) is 3.70. The molecule has 31 heavy (non-hydrogen) atoms. The molecule has 7 nitrogen and oxygen atoms in total. The first-order valence-corrected chi connectivity index (χ1v) is 11.1. The molecule has 4 heterocycles. The Balaban J connectivity index is 1.71. The monoisotopic (exact) mass is 423 g/mol. The number of morpholine rings is 1. The third-order valence-corrected chi connectivity index (χ3v) is 6.15. The van der Waals surface area contributed by atoms with E-state index in [-0.39, 0.29) is 0 Å². The highest BCUT2D eigenvalue weighted by molar-refractivity contribution is 5.80. The highest BCUT2D eigenvalue weighted by atomic mass is 16.5. The minimum absolute atomic E-state index is 0.335. The fourth-order valence-electron chi connectivity index (χ4n) is 4.31. The molecule has 4 rings (SSSR count). The second-order valence-electron chi connectivity index (χ2n) is 8.74. The van der Waals surface area contributed by atoms with Crippen LogP contribution in [0.15, 0.2) is 18.3 Å². The Labute approximate surface area is 184 Å². The molecule has 3 aromatic rings. The standard InChI is InChI=1S/C24H33N5O2/c1-15(2)20-8-7-19(24(26-20)30-6)21-17(4)25-22-18(14-28(5)23(22)27-21)13-16(3)29-9-11-31-12-10-29/h7-8,14-16H,9-13H2,1-6H3. The number of aromatic nitrogens is 4. The molecule has 1 unspecified atom stereocenters. The molecule has 1 fully saturated rings. The van der Waals surface area contributed by atoms with E-state index in [0.29, 0.717) is 17.8 Å². The largest absolute Gasteiger partial charge is 0.480 e. The molecule has 7 heteroatoms. The van der Waals surface area contributed by atoms with Gasteiger partial charge in [-0.25, -0.2) is 15.0 Å². The van der Waals surface area contributed by atoms with Crippen LogP contribution in [0.2, 0.25) is 0 Å². The molecule has 0 aromatic carbocycles. The Hall–Kier alpha value is -2.51. The lowest BCUT2D eigenvalue weighted by Gasteiger charge is -2.32. The molecular weight excluding hydrogens is 390 g/mol. The zero-order chi connectivity index (χ0) is 22.1. The first kappa shape index (κ1) is 21.7. The van der Waals surface area contributed by atoms with Gasteiger partial charge in [0.25, 0.3) is 0 Å². The van der Waals surface area contributed by atoms with E-state index in [9.17, 15) is 0 Å². The van der Waals surface area contributed by atoms with Crippen LogP contribution in [-0.2, 0) is 18.2 Å². The van der Waals surface area contributed by atoms with Gasteiger partial charge in [-0.15, -0.1) is 0 Å². The number of methoxy groups -OCH3 is 1. The highest BCUT2D eigenvalue weighted by Gasteiger charge is 2.22. The Morgan fingerprint density at radius 1 is 1.10 bits per heavy atom. The van der Waals surface area contributed by atoms with Crippen LogP contribution in [-0.4, -0.2) is 63.9 Å². The minimum Gasteiger partial charge on any atom is -0.480 e. The van der Waals surface area contributed by atoms with Gasteiger partial charge in [0.1, 0.15) is 5.52 Å². The van der Waals surface area contributed by atoms with Crippen molar-refractivity contribution in [2.45, 2.75) is 46.1 Å². The summed E-state index contributed by atoms with van der Waals surface area (Å²) in [5.41, 5.74) is 6.69. The third kappa shape index (κ3) is 4.29. The molecule has 1 aliphatic rings. The number of hydrogen-bond donors (Lipinski definition) is 0. The van der Waals surface area contributed by atoms with Gasteiger partial charge in [-0.05, 0) is 43.9 Å². The summed E-state index contributed by atoms with van der Waals surface area (Å²) in [6.07, 6.45) is 3.11. The lowest BCUT2D eigenvalue weighted by atomic mass is 10.1. The molecule has 0 radical (unpaired) electrons. The van der Waals surface area contributed by atoms with E-state index in [1.54, 1.807) is 7.11 Å². The van der Waals surface area contributed by atoms with Crippen LogP contribution < -0.4 is 4.74 Å². The van der Waals surface area contributed by atoms with Crippen LogP contribution in [0.4, 0.5) is 0 Å². The molecule has 0 saturated carbocycles. The smallest absolute Gasteiger partial charge is 0.222 e. The van der Waals surface area contributed by atoms with Crippen molar-refractivity contribution in [1.29, 1.82) is 0 Å². The fraction of sp³-hybridized carbons (Fsp3) is 0.542. The van der Waals surface area contributed by atoms with Crippen LogP contribution in [0, 0.1) is 6.92 Å². The minimum atomic E-state index is 0.335. The van der Waals surface area contributed by atoms with E-state index >= 15 is 0 Å². The topological polar surface area (TPSA) is 65.3 Å². The summed E-state index contributed by atoms with van der Waals surface area (Å²) in [5, 5.41) is 0. The van der Waals surface area contributed by atoms with Crippen molar-refractivity contribution in [3.63, 3.8) is 0 Å². The zero-order valence-corrected chi connectivity index (χ0v) is 19.5. The average Bonchev–Trinajstić information content (AvgIpc) is 3.07. The summed E-state index contributed by atoms with van der Waals surface area (Å²) in [6.45, 7) is 12.1. The van der Waals surface area contributed by atoms with Crippen molar-refractivity contribution >= 4 is 11.2 Å². The maximum Gasteiger partial charge on any atom is 0.222 e. The molecule has 1 atom stereocenters. The van der Waals surface area contributed by atoms with Crippen molar-refractivity contribution < 1.29 is 9.47 Å². The SMILES string of the molecule is COc1nc(C(C)C)ccc1-c1nc2c(nc1C)c(CC(C)N1CCOCC1)cn2C. The van der Waals surface area contributed by atoms with Gasteiger partial charge in [-0.1, -0.05) is 13.8 Å². The van der Waals surface area contributed by atoms with Gasteiger partial charge in [0.05, 0.1) is 37.3 Å². The number of pyridine rings is 1. The van der Waals surface area contributed by atoms with Crippen molar-refractivity contribution in [2.24, 2.45) is 7.05 Å². The fourth-order valence-corrected chi connectivity index (χ4v) is 4.31. The summed E-state index contributed by atoms with van der Waals surface area (Å²) in [4.78, 5) is 17.2. The van der Waals surface area contributed by atoms with Gasteiger partial charge in [0.15, 0.2) is 5.65 Å². The molecule has 166 valence electrons. The molecule has 1 aliphatic heterocycles. The molecule has 0 bridgehead atoms. The highest BCUT2D eigenvalue weighted by Crippen LogP contribution is 2.32. The van der Waals surface area contributed by atoms with Crippen LogP contribution in [0.1, 0.15) is 43.6 Å². The van der Waals surface area contributed by atoms with Crippen molar-refractivity contribution in [3.05, 3.63) is 35.3 Å². The second kappa shape index (κ2) is 8.93. The molecule has 0 spiro atoms. The predicted molar refractivity (Wildman–Crippen MR) is 123 cm³/mol. The summed E-state index contributed by atoms with van der Waals surface area (Å²) >= 11 is 0. The van der Waals surface area contributed by atoms with Crippen molar-refractivity contribution in [1.82, 2.24) is 24.4 Å². The molecular formula is C24H33N5O2. The Bertz CT molecular complexity index is 1070. The van der Waals surface area contributed by atoms with Crippen LogP contribution in [0.25, 0.3) is 22.4 Å². The van der Waals surface area contributed by atoms with Crippen molar-refractivity contribution in [3.8, 4) is 17.1 Å². The molecule has 0 amide bonds. The van der Waals surface area contributed by atoms with Crippen LogP contribution >= 0.6 is 0 Å². The van der Waals surface area contributed by atoms with E-state index in [1.807, 2.05) is 26.1 Å². The number of hydrogen-bond acceptors (Lipinski definition) is 6. The van der Waals surface area contributed by atoms with Gasteiger partial charge in [-0.2, -0.15) is 0 Å². The van der Waals surface area contributed by atoms with Crippen LogP contribution in [0.3, 0.4) is 0 Å². The number of ether oxygens (including phenoxy) is 2. The number of nitrogens with zero attached hydrogens (tertiary/aromatic N) is 5. The van der Waals surface area contributed by atoms with Gasteiger partial charge >= 0.3 is 0 Å². The molecule has 0 N–H and O–H groups in total. The van der Waals surface area contributed by atoms with E-state index < -0.39 is 0 Å². The van der Waals surface area contributed by atoms with Gasteiger partial charge in [0.2, 0.25) is 5.88 Å². The molecule has 3 aromatic heterocycles. The quantitative estimate of drug-likeness (QED) is 0.602. The Morgan fingerprint density at radius 2 is 1.84 bits per heavy atom. The van der Waals surface area contributed by atoms with Gasteiger partial charge in [0, 0.05) is 38.1 Å². The average molecular weight is 424 g/mol. The predicted octanol–water partition coefficient (Wildman–Crippen LogP) is 3.73. The van der Waals surface area contributed by atoms with E-state index in [1.165, 1.54) is 5.56 Å². The maximum absolute atomic E-state index is 5.61. The lowest BCUT2D eigenvalue weighted by Crippen LogP contribution is -2.43. The summed E-state index contributed by atoms with van der Waals surface area (Å²) < 4.78 is 13.2.